The molecule has 3 aromatic carbocycles. The molecular weight excluding hydrogens is 458 g/mol. The number of hydrogen-bond acceptors (Lipinski definition) is 6. The van der Waals surface area contributed by atoms with Crippen LogP contribution < -0.4 is 14.4 Å². The van der Waals surface area contributed by atoms with Crippen molar-refractivity contribution < 1.29 is 17.9 Å². The van der Waals surface area contributed by atoms with E-state index in [1.54, 1.807) is 47.7 Å². The SMILES string of the molecule is COc1ccc(N(CC(=O)Nc2ccc(-c3nc4ccc(C)cc4s3)cc2)S(C)(=O)=O)cc1. The second-order valence-electron chi connectivity index (χ2n) is 7.58. The number of anilines is 2. The van der Waals surface area contributed by atoms with Crippen molar-refractivity contribution in [3.8, 4) is 16.3 Å². The Bertz CT molecular complexity index is 1400. The van der Waals surface area contributed by atoms with Crippen molar-refractivity contribution in [2.24, 2.45) is 0 Å². The van der Waals surface area contributed by atoms with Gasteiger partial charge in [0.15, 0.2) is 0 Å². The molecule has 1 amide bonds. The Morgan fingerprint density at radius 1 is 1.06 bits per heavy atom. The molecule has 0 aliphatic rings. The molecule has 170 valence electrons. The lowest BCUT2D eigenvalue weighted by molar-refractivity contribution is -0.114. The van der Waals surface area contributed by atoms with Crippen LogP contribution in [0.4, 0.5) is 11.4 Å². The molecule has 0 aliphatic heterocycles. The maximum atomic E-state index is 12.6. The topological polar surface area (TPSA) is 88.6 Å². The van der Waals surface area contributed by atoms with Crippen LogP contribution >= 0.6 is 11.3 Å². The van der Waals surface area contributed by atoms with Crippen LogP contribution in [-0.4, -0.2) is 39.2 Å². The number of aromatic nitrogens is 1. The van der Waals surface area contributed by atoms with E-state index < -0.39 is 15.9 Å². The molecule has 7 nitrogen and oxygen atoms in total. The molecule has 4 rings (SSSR count). The summed E-state index contributed by atoms with van der Waals surface area (Å²) in [6, 6.07) is 20.0. The van der Waals surface area contributed by atoms with Crippen LogP contribution in [0, 0.1) is 6.92 Å². The zero-order chi connectivity index (χ0) is 23.6. The molecule has 1 heterocycles. The lowest BCUT2D eigenvalue weighted by atomic mass is 10.2. The fraction of sp³-hybridized carbons (Fsp3) is 0.167. The minimum atomic E-state index is -3.66. The van der Waals surface area contributed by atoms with Crippen molar-refractivity contribution in [3.63, 3.8) is 0 Å². The number of carbonyl (C=O) groups is 1. The Morgan fingerprint density at radius 3 is 2.39 bits per heavy atom. The summed E-state index contributed by atoms with van der Waals surface area (Å²) in [4.78, 5) is 17.3. The molecule has 0 spiro atoms. The predicted molar refractivity (Wildman–Crippen MR) is 134 cm³/mol. The second-order valence-corrected chi connectivity index (χ2v) is 10.5. The normalized spacial score (nSPS) is 11.4. The van der Waals surface area contributed by atoms with E-state index in [-0.39, 0.29) is 6.54 Å². The Labute approximate surface area is 196 Å². The van der Waals surface area contributed by atoms with Crippen molar-refractivity contribution >= 4 is 48.9 Å². The van der Waals surface area contributed by atoms with Crippen molar-refractivity contribution in [1.82, 2.24) is 4.98 Å². The van der Waals surface area contributed by atoms with Crippen molar-refractivity contribution in [2.75, 3.05) is 29.5 Å². The molecule has 0 aliphatic carbocycles. The minimum Gasteiger partial charge on any atom is -0.497 e. The van der Waals surface area contributed by atoms with E-state index in [9.17, 15) is 13.2 Å². The molecule has 0 saturated carbocycles. The van der Waals surface area contributed by atoms with Crippen molar-refractivity contribution in [1.29, 1.82) is 0 Å². The van der Waals surface area contributed by atoms with Crippen LogP contribution in [-0.2, 0) is 14.8 Å². The third-order valence-corrected chi connectivity index (χ3v) is 7.22. The Balaban J connectivity index is 1.47. The maximum absolute atomic E-state index is 12.6. The second kappa shape index (κ2) is 9.21. The molecule has 0 saturated heterocycles. The molecule has 0 fully saturated rings. The van der Waals surface area contributed by atoms with Gasteiger partial charge < -0.3 is 10.1 Å². The van der Waals surface area contributed by atoms with Crippen LogP contribution in [0.1, 0.15) is 5.56 Å². The fourth-order valence-corrected chi connectivity index (χ4v) is 5.26. The predicted octanol–water partition coefficient (Wildman–Crippen LogP) is 4.69. The van der Waals surface area contributed by atoms with E-state index in [2.05, 4.69) is 23.3 Å². The summed E-state index contributed by atoms with van der Waals surface area (Å²) in [5, 5.41) is 3.66. The molecule has 0 bridgehead atoms. The van der Waals surface area contributed by atoms with Gasteiger partial charge in [-0.05, 0) is 73.2 Å². The van der Waals surface area contributed by atoms with E-state index in [0.717, 1.165) is 31.3 Å². The van der Waals surface area contributed by atoms with E-state index in [1.807, 2.05) is 24.3 Å². The number of sulfonamides is 1. The molecule has 33 heavy (non-hydrogen) atoms. The monoisotopic (exact) mass is 481 g/mol. The molecule has 1 N–H and O–H groups in total. The summed E-state index contributed by atoms with van der Waals surface area (Å²) in [6.07, 6.45) is 1.07. The van der Waals surface area contributed by atoms with Gasteiger partial charge in [-0.2, -0.15) is 0 Å². The highest BCUT2D eigenvalue weighted by molar-refractivity contribution is 7.92. The smallest absolute Gasteiger partial charge is 0.245 e. The number of carbonyl (C=O) groups excluding carboxylic acids is 1. The zero-order valence-corrected chi connectivity index (χ0v) is 20.0. The van der Waals surface area contributed by atoms with Gasteiger partial charge in [0.05, 0.1) is 29.3 Å². The summed E-state index contributed by atoms with van der Waals surface area (Å²) >= 11 is 1.61. The lowest BCUT2D eigenvalue weighted by Crippen LogP contribution is -2.37. The van der Waals surface area contributed by atoms with E-state index in [0.29, 0.717) is 17.1 Å². The number of fused-ring (bicyclic) bond motifs is 1. The average Bonchev–Trinajstić information content (AvgIpc) is 3.20. The van der Waals surface area contributed by atoms with Crippen LogP contribution in [0.2, 0.25) is 0 Å². The third kappa shape index (κ3) is 5.32. The highest BCUT2D eigenvalue weighted by Crippen LogP contribution is 2.31. The van der Waals surface area contributed by atoms with Crippen LogP contribution in [0.5, 0.6) is 5.75 Å². The van der Waals surface area contributed by atoms with Gasteiger partial charge in [-0.1, -0.05) is 6.07 Å². The highest BCUT2D eigenvalue weighted by atomic mass is 32.2. The first kappa shape index (κ1) is 22.8. The van der Waals surface area contributed by atoms with Crippen molar-refractivity contribution in [3.05, 3.63) is 72.3 Å². The van der Waals surface area contributed by atoms with Gasteiger partial charge in [-0.3, -0.25) is 9.10 Å². The first-order valence-electron chi connectivity index (χ1n) is 10.1. The van der Waals surface area contributed by atoms with Gasteiger partial charge in [-0.25, -0.2) is 13.4 Å². The van der Waals surface area contributed by atoms with Gasteiger partial charge in [-0.15, -0.1) is 11.3 Å². The van der Waals surface area contributed by atoms with E-state index >= 15 is 0 Å². The number of amides is 1. The van der Waals surface area contributed by atoms with Gasteiger partial charge in [0.2, 0.25) is 15.9 Å². The molecule has 0 unspecified atom stereocenters. The first-order valence-corrected chi connectivity index (χ1v) is 12.8. The van der Waals surface area contributed by atoms with Crippen molar-refractivity contribution in [2.45, 2.75) is 6.92 Å². The number of rotatable bonds is 7. The largest absolute Gasteiger partial charge is 0.497 e. The molecule has 0 atom stereocenters. The van der Waals surface area contributed by atoms with Gasteiger partial charge in [0.1, 0.15) is 17.3 Å². The van der Waals surface area contributed by atoms with Crippen LogP contribution in [0.25, 0.3) is 20.8 Å². The Kier molecular flexibility index (Phi) is 6.35. The number of hydrogen-bond donors (Lipinski definition) is 1. The quantitative estimate of drug-likeness (QED) is 0.414. The number of methoxy groups -OCH3 is 1. The van der Waals surface area contributed by atoms with Gasteiger partial charge in [0, 0.05) is 11.3 Å². The van der Waals surface area contributed by atoms with Crippen LogP contribution in [0.3, 0.4) is 0 Å². The number of ether oxygens (including phenoxy) is 1. The van der Waals surface area contributed by atoms with Gasteiger partial charge in [0.25, 0.3) is 0 Å². The molecular formula is C24H23N3O4S2. The summed E-state index contributed by atoms with van der Waals surface area (Å²) in [5.74, 6) is 0.152. The molecule has 4 aromatic rings. The van der Waals surface area contributed by atoms with E-state index in [1.165, 1.54) is 12.7 Å². The lowest BCUT2D eigenvalue weighted by Gasteiger charge is -2.22. The summed E-state index contributed by atoms with van der Waals surface area (Å²) in [6.45, 7) is 1.71. The fourth-order valence-electron chi connectivity index (χ4n) is 3.33. The zero-order valence-electron chi connectivity index (χ0n) is 18.4. The van der Waals surface area contributed by atoms with Crippen LogP contribution in [0.15, 0.2) is 66.7 Å². The third-order valence-electron chi connectivity index (χ3n) is 5.01. The Hall–Kier alpha value is -3.43. The number of aryl methyl sites for hydroxylation is 1. The first-order chi connectivity index (χ1) is 15.7. The summed E-state index contributed by atoms with van der Waals surface area (Å²) in [7, 11) is -2.13. The molecule has 1 aromatic heterocycles. The minimum absolute atomic E-state index is 0.343. The van der Waals surface area contributed by atoms with E-state index in [4.69, 9.17) is 4.74 Å². The summed E-state index contributed by atoms with van der Waals surface area (Å²) < 4.78 is 31.8. The maximum Gasteiger partial charge on any atom is 0.245 e. The summed E-state index contributed by atoms with van der Waals surface area (Å²) in [5.41, 5.74) is 4.05. The number of thiazole rings is 1. The number of benzene rings is 3. The average molecular weight is 482 g/mol. The molecule has 0 radical (unpaired) electrons. The Morgan fingerprint density at radius 2 is 1.76 bits per heavy atom. The standard InChI is InChI=1S/C24H23N3O4S2/c1-16-4-13-21-22(14-16)32-24(26-21)17-5-7-18(8-6-17)25-23(28)15-27(33(3,29)30)19-9-11-20(31-2)12-10-19/h4-14H,15H2,1-3H3,(H,25,28). The highest BCUT2D eigenvalue weighted by Gasteiger charge is 2.21. The molecule has 9 heteroatoms. The van der Waals surface area contributed by atoms with Gasteiger partial charge >= 0.3 is 0 Å². The number of nitrogens with zero attached hydrogens (tertiary/aromatic N) is 2. The number of nitrogens with one attached hydrogen (secondary N) is 1.